The van der Waals surface area contributed by atoms with E-state index in [0.29, 0.717) is 31.8 Å². The Kier molecular flexibility index (Phi) is 6.39. The van der Waals surface area contributed by atoms with E-state index in [4.69, 9.17) is 18.3 Å². The maximum Gasteiger partial charge on any atom is 0.475 e. The van der Waals surface area contributed by atoms with E-state index in [1.165, 1.54) is 5.57 Å². The quantitative estimate of drug-likeness (QED) is 0.389. The SMILES string of the molecule is C=C[C@@H]1C[C@]2(C)[C@H](CC[C@]3(C)C=C(COP(=O)(OCC)OCC)CC[C@@H]23)O1. The first-order valence-electron chi connectivity index (χ1n) is 10.3. The van der Waals surface area contributed by atoms with E-state index < -0.39 is 7.82 Å². The molecule has 0 aromatic carbocycles. The topological polar surface area (TPSA) is 54.0 Å². The summed E-state index contributed by atoms with van der Waals surface area (Å²) >= 11 is 0. The summed E-state index contributed by atoms with van der Waals surface area (Å²) in [6.07, 6.45) is 10.2. The van der Waals surface area contributed by atoms with Crippen LogP contribution in [0.2, 0.25) is 0 Å². The third-order valence-corrected chi connectivity index (χ3v) is 8.38. The highest BCUT2D eigenvalue weighted by atomic mass is 31.2. The molecule has 2 fully saturated rings. The summed E-state index contributed by atoms with van der Waals surface area (Å²) < 4.78 is 34.9. The maximum atomic E-state index is 12.6. The number of phosphoric ester groups is 1. The number of allylic oxidation sites excluding steroid dienone is 1. The van der Waals surface area contributed by atoms with Crippen molar-refractivity contribution in [3.8, 4) is 0 Å². The van der Waals surface area contributed by atoms with Crippen LogP contribution in [0.15, 0.2) is 24.3 Å². The van der Waals surface area contributed by atoms with Crippen molar-refractivity contribution < 1.29 is 22.9 Å². The highest BCUT2D eigenvalue weighted by Crippen LogP contribution is 2.62. The molecule has 0 aromatic rings. The average Bonchev–Trinajstić information content (AvgIpc) is 2.96. The Morgan fingerprint density at radius 3 is 2.59 bits per heavy atom. The van der Waals surface area contributed by atoms with Gasteiger partial charge in [0, 0.05) is 5.41 Å². The van der Waals surface area contributed by atoms with Gasteiger partial charge < -0.3 is 4.74 Å². The monoisotopic (exact) mass is 398 g/mol. The molecule has 6 heteroatoms. The van der Waals surface area contributed by atoms with Crippen LogP contribution in [0, 0.1) is 16.7 Å². The van der Waals surface area contributed by atoms with Gasteiger partial charge in [0.25, 0.3) is 0 Å². The Bertz CT molecular complexity index is 622. The van der Waals surface area contributed by atoms with Crippen molar-refractivity contribution in [2.75, 3.05) is 19.8 Å². The van der Waals surface area contributed by atoms with Gasteiger partial charge >= 0.3 is 7.82 Å². The molecule has 154 valence electrons. The summed E-state index contributed by atoms with van der Waals surface area (Å²) in [5, 5.41) is 0. The predicted molar refractivity (Wildman–Crippen MR) is 107 cm³/mol. The summed E-state index contributed by atoms with van der Waals surface area (Å²) in [7, 11) is -3.46. The second kappa shape index (κ2) is 8.12. The lowest BCUT2D eigenvalue weighted by molar-refractivity contribution is -0.0699. The summed E-state index contributed by atoms with van der Waals surface area (Å²) in [5.41, 5.74) is 1.53. The molecular weight excluding hydrogens is 363 g/mol. The second-order valence-electron chi connectivity index (χ2n) is 8.60. The van der Waals surface area contributed by atoms with Gasteiger partial charge in [-0.05, 0) is 62.9 Å². The lowest BCUT2D eigenvalue weighted by Gasteiger charge is -2.54. The fraction of sp³-hybridized carbons (Fsp3) is 0.810. The molecule has 27 heavy (non-hydrogen) atoms. The predicted octanol–water partition coefficient (Wildman–Crippen LogP) is 5.67. The molecular formula is C21H35O5P. The summed E-state index contributed by atoms with van der Waals surface area (Å²) in [4.78, 5) is 0. The molecule has 1 saturated heterocycles. The fourth-order valence-electron chi connectivity index (χ4n) is 5.66. The van der Waals surface area contributed by atoms with E-state index in [-0.39, 0.29) is 16.9 Å². The molecule has 0 bridgehead atoms. The van der Waals surface area contributed by atoms with Crippen molar-refractivity contribution in [1.29, 1.82) is 0 Å². The molecule has 0 spiro atoms. The molecule has 2 aliphatic carbocycles. The van der Waals surface area contributed by atoms with Crippen LogP contribution in [0.1, 0.15) is 59.8 Å². The molecule has 1 saturated carbocycles. The van der Waals surface area contributed by atoms with Gasteiger partial charge in [0.2, 0.25) is 0 Å². The first-order chi connectivity index (χ1) is 12.8. The lowest BCUT2D eigenvalue weighted by atomic mass is 9.51. The second-order valence-corrected chi connectivity index (χ2v) is 10.3. The molecule has 1 heterocycles. The molecule has 5 nitrogen and oxygen atoms in total. The Labute approximate surface area is 164 Å². The van der Waals surface area contributed by atoms with Crippen LogP contribution in [-0.2, 0) is 22.9 Å². The fourth-order valence-corrected chi connectivity index (χ4v) is 6.84. The van der Waals surface area contributed by atoms with Crippen LogP contribution >= 0.6 is 7.82 Å². The molecule has 0 radical (unpaired) electrons. The average molecular weight is 398 g/mol. The zero-order valence-corrected chi connectivity index (χ0v) is 18.1. The maximum absolute atomic E-state index is 12.6. The zero-order valence-electron chi connectivity index (χ0n) is 17.2. The van der Waals surface area contributed by atoms with Gasteiger partial charge in [-0.15, -0.1) is 6.58 Å². The number of fused-ring (bicyclic) bond motifs is 3. The Morgan fingerprint density at radius 1 is 1.26 bits per heavy atom. The minimum Gasteiger partial charge on any atom is -0.370 e. The largest absolute Gasteiger partial charge is 0.475 e. The van der Waals surface area contributed by atoms with Crippen LogP contribution in [0.25, 0.3) is 0 Å². The van der Waals surface area contributed by atoms with Crippen molar-refractivity contribution in [2.24, 2.45) is 16.7 Å². The number of rotatable bonds is 8. The van der Waals surface area contributed by atoms with Crippen LogP contribution in [0.5, 0.6) is 0 Å². The van der Waals surface area contributed by atoms with E-state index >= 15 is 0 Å². The molecule has 0 aromatic heterocycles. The van der Waals surface area contributed by atoms with Crippen molar-refractivity contribution in [2.45, 2.75) is 72.0 Å². The van der Waals surface area contributed by atoms with Crippen molar-refractivity contribution in [1.82, 2.24) is 0 Å². The number of hydrogen-bond donors (Lipinski definition) is 0. The summed E-state index contributed by atoms with van der Waals surface area (Å²) in [5.74, 6) is 0.586. The molecule has 0 unspecified atom stereocenters. The van der Waals surface area contributed by atoms with E-state index in [1.54, 1.807) is 13.8 Å². The minimum absolute atomic E-state index is 0.128. The van der Waals surface area contributed by atoms with Gasteiger partial charge in [0.05, 0.1) is 32.0 Å². The Morgan fingerprint density at radius 2 is 1.96 bits per heavy atom. The Balaban J connectivity index is 1.72. The summed E-state index contributed by atoms with van der Waals surface area (Å²) in [6.45, 7) is 13.2. The molecule has 3 rings (SSSR count). The van der Waals surface area contributed by atoms with Crippen LogP contribution in [-0.4, -0.2) is 32.0 Å². The number of phosphoric acid groups is 1. The summed E-state index contributed by atoms with van der Waals surface area (Å²) in [6, 6.07) is 0. The molecule has 3 aliphatic rings. The smallest absolute Gasteiger partial charge is 0.370 e. The van der Waals surface area contributed by atoms with Crippen molar-refractivity contribution >= 4 is 7.82 Å². The number of hydrogen-bond acceptors (Lipinski definition) is 5. The lowest BCUT2D eigenvalue weighted by Crippen LogP contribution is -2.49. The van der Waals surface area contributed by atoms with Gasteiger partial charge in [0.1, 0.15) is 0 Å². The van der Waals surface area contributed by atoms with E-state index in [0.717, 1.165) is 32.1 Å². The van der Waals surface area contributed by atoms with Crippen LogP contribution < -0.4 is 0 Å². The first kappa shape index (κ1) is 21.3. The van der Waals surface area contributed by atoms with Crippen LogP contribution in [0.4, 0.5) is 0 Å². The van der Waals surface area contributed by atoms with Gasteiger partial charge in [-0.2, -0.15) is 0 Å². The van der Waals surface area contributed by atoms with Gasteiger partial charge in [-0.1, -0.05) is 26.0 Å². The van der Waals surface area contributed by atoms with Crippen LogP contribution in [0.3, 0.4) is 0 Å². The van der Waals surface area contributed by atoms with Gasteiger partial charge in [-0.25, -0.2) is 4.57 Å². The molecule has 1 aliphatic heterocycles. The standard InChI is InChI=1S/C21H35O5P/c1-6-17-14-21(5)18-10-9-16(13-20(18,4)12-11-19(21)26-17)15-25-27(22,23-7-2)24-8-3/h6,13,17-19H,1,7-12,14-15H2,2-5H3/t17-,18-,19+,20-,21+/m1/s1. The van der Waals surface area contributed by atoms with E-state index in [9.17, 15) is 4.57 Å². The van der Waals surface area contributed by atoms with Gasteiger partial charge in [0.15, 0.2) is 0 Å². The Hall–Kier alpha value is -0.450. The zero-order chi connectivity index (χ0) is 19.7. The number of ether oxygens (including phenoxy) is 1. The third kappa shape index (κ3) is 4.13. The minimum atomic E-state index is -3.46. The van der Waals surface area contributed by atoms with Gasteiger partial charge in [-0.3, -0.25) is 13.6 Å². The molecule has 0 N–H and O–H groups in total. The van der Waals surface area contributed by atoms with E-state index in [2.05, 4.69) is 26.5 Å². The first-order valence-corrected chi connectivity index (χ1v) is 11.8. The molecule has 5 atom stereocenters. The van der Waals surface area contributed by atoms with Crippen molar-refractivity contribution in [3.63, 3.8) is 0 Å². The normalized spacial score (nSPS) is 38.8. The molecule has 0 amide bonds. The third-order valence-electron chi connectivity index (χ3n) is 6.79. The van der Waals surface area contributed by atoms with Crippen molar-refractivity contribution in [3.05, 3.63) is 24.3 Å². The highest BCUT2D eigenvalue weighted by molar-refractivity contribution is 7.48. The van der Waals surface area contributed by atoms with E-state index in [1.807, 2.05) is 6.08 Å². The highest BCUT2D eigenvalue weighted by Gasteiger charge is 2.57.